The van der Waals surface area contributed by atoms with Crippen LogP contribution in [0.15, 0.2) is 70.6 Å². The van der Waals surface area contributed by atoms with Gasteiger partial charge in [0.25, 0.3) is 0 Å². The number of benzene rings is 3. The number of sulfonamides is 1. The SMILES string of the molecule is CC(C)Oc1cc(Cl)c(S(=O)(=O)N2C[C@H]3CC[C@H](C2)O3)cc1C1=N[C@@](C)(c2ccc(Cl)cc2)[C@@](C)(c2ccc(Cl)cc2)N1C(=O)N1CCN(CCCS(C)(=O)=O)CC1. The number of hydrogen-bond acceptors (Lipinski definition) is 9. The fourth-order valence-corrected chi connectivity index (χ4v) is 11.5. The number of sulfone groups is 1. The van der Waals surface area contributed by atoms with E-state index in [9.17, 15) is 16.8 Å². The predicted octanol–water partition coefficient (Wildman–Crippen LogP) is 7.05. The molecule has 4 heterocycles. The van der Waals surface area contributed by atoms with Gasteiger partial charge in [0.1, 0.15) is 37.4 Å². The number of rotatable bonds is 11. The molecular weight excluding hydrogens is 845 g/mol. The van der Waals surface area contributed by atoms with Crippen molar-refractivity contribution >= 4 is 66.5 Å². The van der Waals surface area contributed by atoms with Gasteiger partial charge in [-0.3, -0.25) is 14.8 Å². The zero-order chi connectivity index (χ0) is 41.8. The third kappa shape index (κ3) is 8.37. The first-order valence-electron chi connectivity index (χ1n) is 19.6. The van der Waals surface area contributed by atoms with Crippen molar-refractivity contribution in [2.24, 2.45) is 4.99 Å². The minimum absolute atomic E-state index is 0.0115. The third-order valence-electron chi connectivity index (χ3n) is 11.8. The van der Waals surface area contributed by atoms with Crippen molar-refractivity contribution in [1.29, 1.82) is 0 Å². The molecule has 3 aromatic rings. The Labute approximate surface area is 357 Å². The molecule has 0 aromatic heterocycles. The molecule has 2 bridgehead atoms. The quantitative estimate of drug-likeness (QED) is 0.201. The van der Waals surface area contributed by atoms with Crippen LogP contribution in [0.4, 0.5) is 4.79 Å². The van der Waals surface area contributed by atoms with Gasteiger partial charge in [0.05, 0.1) is 34.7 Å². The Morgan fingerprint density at radius 1 is 0.879 bits per heavy atom. The zero-order valence-electron chi connectivity index (χ0n) is 33.3. The first kappa shape index (κ1) is 43.1. The van der Waals surface area contributed by atoms with Crippen LogP contribution >= 0.6 is 34.8 Å². The summed E-state index contributed by atoms with van der Waals surface area (Å²) in [6.45, 7) is 10.4. The van der Waals surface area contributed by atoms with E-state index in [1.165, 1.54) is 22.7 Å². The average Bonchev–Trinajstić information content (AvgIpc) is 3.62. The minimum Gasteiger partial charge on any atom is -0.490 e. The van der Waals surface area contributed by atoms with Gasteiger partial charge in [-0.2, -0.15) is 4.31 Å². The van der Waals surface area contributed by atoms with Gasteiger partial charge in [0.2, 0.25) is 10.0 Å². The van der Waals surface area contributed by atoms with E-state index in [-0.39, 0.29) is 64.7 Å². The molecule has 3 fully saturated rings. The van der Waals surface area contributed by atoms with Crippen molar-refractivity contribution in [3.05, 3.63) is 92.4 Å². The van der Waals surface area contributed by atoms with Crippen LogP contribution in [0.3, 0.4) is 0 Å². The number of morpholine rings is 1. The number of piperazine rings is 1. The topological polar surface area (TPSA) is 129 Å². The van der Waals surface area contributed by atoms with Crippen LogP contribution in [-0.2, 0) is 35.7 Å². The lowest BCUT2D eigenvalue weighted by Crippen LogP contribution is -2.60. The highest BCUT2D eigenvalue weighted by molar-refractivity contribution is 7.90. The van der Waals surface area contributed by atoms with Crippen LogP contribution in [0.2, 0.25) is 15.1 Å². The Morgan fingerprint density at radius 2 is 1.45 bits per heavy atom. The summed E-state index contributed by atoms with van der Waals surface area (Å²) in [7, 11) is -7.24. The van der Waals surface area contributed by atoms with E-state index in [4.69, 9.17) is 49.3 Å². The summed E-state index contributed by atoms with van der Waals surface area (Å²) >= 11 is 19.8. The molecule has 0 unspecified atom stereocenters. The van der Waals surface area contributed by atoms with Crippen LogP contribution in [0.25, 0.3) is 0 Å². The van der Waals surface area contributed by atoms with Gasteiger partial charge < -0.3 is 14.4 Å². The maximum atomic E-state index is 15.5. The van der Waals surface area contributed by atoms with Gasteiger partial charge in [-0.15, -0.1) is 0 Å². The van der Waals surface area contributed by atoms with Crippen molar-refractivity contribution in [3.8, 4) is 5.75 Å². The maximum absolute atomic E-state index is 15.5. The van der Waals surface area contributed by atoms with Gasteiger partial charge in [-0.1, -0.05) is 59.1 Å². The Balaban J connectivity index is 1.39. The fourth-order valence-electron chi connectivity index (χ4n) is 8.59. The molecule has 4 aliphatic heterocycles. The van der Waals surface area contributed by atoms with Crippen molar-refractivity contribution in [2.45, 2.75) is 81.2 Å². The zero-order valence-corrected chi connectivity index (χ0v) is 37.2. The number of ether oxygens (including phenoxy) is 2. The van der Waals surface area contributed by atoms with Crippen LogP contribution in [0, 0.1) is 0 Å². The summed E-state index contributed by atoms with van der Waals surface area (Å²) in [6, 6.07) is 17.3. The second kappa shape index (κ2) is 16.5. The molecule has 0 spiro atoms. The molecule has 3 saturated heterocycles. The summed E-state index contributed by atoms with van der Waals surface area (Å²) < 4.78 is 66.5. The summed E-state index contributed by atoms with van der Waals surface area (Å²) in [4.78, 5) is 26.5. The summed E-state index contributed by atoms with van der Waals surface area (Å²) in [6.07, 6.45) is 2.57. The number of nitrogens with zero attached hydrogens (tertiary/aromatic N) is 5. The molecule has 0 aliphatic carbocycles. The molecule has 3 aromatic carbocycles. The highest BCUT2D eigenvalue weighted by Crippen LogP contribution is 2.54. The predicted molar refractivity (Wildman–Crippen MR) is 228 cm³/mol. The number of urea groups is 1. The van der Waals surface area contributed by atoms with E-state index < -0.39 is 30.9 Å². The second-order valence-corrected chi connectivity index (χ2v) is 21.7. The standard InChI is InChI=1S/C41H50Cl3N5O7S2/c1-27(2)55-36-24-35(44)37(58(53,54)48-25-32-15-16-33(26-48)56-32)23-34(36)38-45-40(3,28-7-11-30(42)12-8-28)41(4,29-9-13-31(43)14-10-29)49(38)39(50)47-20-18-46(19-21-47)17-6-22-57(5,51)52/h7-14,23-24,27,32-33H,6,15-22,25-26H2,1-5H3/t32-,33-,40+,41-/m1/s1. The van der Waals surface area contributed by atoms with Gasteiger partial charge in [-0.05, 0) is 95.0 Å². The summed E-state index contributed by atoms with van der Waals surface area (Å²) in [5.74, 6) is 0.572. The average molecular weight is 895 g/mol. The van der Waals surface area contributed by atoms with Gasteiger partial charge in [-0.25, -0.2) is 21.6 Å². The fraction of sp³-hybridized carbons (Fsp3) is 0.512. The lowest BCUT2D eigenvalue weighted by Gasteiger charge is -2.47. The van der Waals surface area contributed by atoms with E-state index in [0.29, 0.717) is 54.8 Å². The first-order valence-corrected chi connectivity index (χ1v) is 24.2. The Kier molecular flexibility index (Phi) is 12.3. The highest BCUT2D eigenvalue weighted by Gasteiger charge is 2.60. The normalized spacial score (nSPS) is 25.7. The molecule has 0 radical (unpaired) electrons. The molecular formula is C41H50Cl3N5O7S2. The van der Waals surface area contributed by atoms with Crippen molar-refractivity contribution in [3.63, 3.8) is 0 Å². The van der Waals surface area contributed by atoms with E-state index in [1.807, 2.05) is 52.0 Å². The number of halogens is 3. The lowest BCUT2D eigenvalue weighted by atomic mass is 9.71. The number of amidine groups is 1. The molecule has 2 amide bonds. The molecule has 17 heteroatoms. The van der Waals surface area contributed by atoms with Crippen molar-refractivity contribution < 1.29 is 31.1 Å². The van der Waals surface area contributed by atoms with Crippen LogP contribution in [0.5, 0.6) is 5.75 Å². The number of carbonyl (C=O) groups excluding carboxylic acids is 1. The second-order valence-electron chi connectivity index (χ2n) is 16.2. The largest absolute Gasteiger partial charge is 0.490 e. The van der Waals surface area contributed by atoms with E-state index in [1.54, 1.807) is 34.1 Å². The molecule has 7 rings (SSSR count). The summed E-state index contributed by atoms with van der Waals surface area (Å²) in [5.41, 5.74) is -0.631. The van der Waals surface area contributed by atoms with E-state index >= 15 is 4.79 Å². The van der Waals surface area contributed by atoms with Crippen LogP contribution in [-0.4, -0.2) is 124 Å². The molecule has 12 nitrogen and oxygen atoms in total. The number of aliphatic imine (C=N–C) groups is 1. The van der Waals surface area contributed by atoms with E-state index in [0.717, 1.165) is 24.0 Å². The maximum Gasteiger partial charge on any atom is 0.326 e. The highest BCUT2D eigenvalue weighted by atomic mass is 35.5. The Hall–Kier alpha value is -2.95. The number of carbonyl (C=O) groups is 1. The first-order chi connectivity index (χ1) is 27.3. The van der Waals surface area contributed by atoms with Crippen LogP contribution in [0.1, 0.15) is 63.6 Å². The smallest absolute Gasteiger partial charge is 0.326 e. The lowest BCUT2D eigenvalue weighted by molar-refractivity contribution is -0.0114. The molecule has 0 N–H and O–H groups in total. The Bertz CT molecular complexity index is 2280. The van der Waals surface area contributed by atoms with Crippen molar-refractivity contribution in [2.75, 3.05) is 57.8 Å². The summed E-state index contributed by atoms with van der Waals surface area (Å²) in [5, 5.41) is 1.03. The Morgan fingerprint density at radius 3 is 2.00 bits per heavy atom. The van der Waals surface area contributed by atoms with Crippen molar-refractivity contribution in [1.82, 2.24) is 19.0 Å². The number of fused-ring (bicyclic) bond motifs is 2. The monoisotopic (exact) mass is 893 g/mol. The van der Waals surface area contributed by atoms with Gasteiger partial charge in [0.15, 0.2) is 0 Å². The minimum atomic E-state index is -4.14. The molecule has 4 aliphatic rings. The third-order valence-corrected chi connectivity index (χ3v) is 15.7. The van der Waals surface area contributed by atoms with Crippen LogP contribution < -0.4 is 4.74 Å². The van der Waals surface area contributed by atoms with E-state index in [2.05, 4.69) is 4.90 Å². The van der Waals surface area contributed by atoms with Gasteiger partial charge >= 0.3 is 6.03 Å². The van der Waals surface area contributed by atoms with Gasteiger partial charge in [0, 0.05) is 61.6 Å². The number of hydrogen-bond donors (Lipinski definition) is 0. The molecule has 58 heavy (non-hydrogen) atoms. The number of amides is 2. The molecule has 314 valence electrons. The molecule has 0 saturated carbocycles. The molecule has 4 atom stereocenters.